The number of carbonyl (C=O) groups excluding carboxylic acids is 1. The molecule has 9 heteroatoms. The molecule has 0 aliphatic heterocycles. The second-order valence-electron chi connectivity index (χ2n) is 6.92. The first-order valence-corrected chi connectivity index (χ1v) is 11.5. The minimum absolute atomic E-state index is 0.0439. The van der Waals surface area contributed by atoms with Gasteiger partial charge in [-0.25, -0.2) is 5.43 Å². The molecule has 0 aliphatic rings. The molecule has 3 rings (SSSR count). The molecule has 172 valence electrons. The molecule has 8 nitrogen and oxygen atoms in total. The summed E-state index contributed by atoms with van der Waals surface area (Å²) < 4.78 is 41.2. The Labute approximate surface area is 192 Å². The van der Waals surface area contributed by atoms with Gasteiger partial charge in [-0.3, -0.25) is 4.79 Å². The van der Waals surface area contributed by atoms with Crippen molar-refractivity contribution >= 4 is 22.2 Å². The zero-order valence-corrected chi connectivity index (χ0v) is 19.3. The summed E-state index contributed by atoms with van der Waals surface area (Å²) >= 11 is 0. The molecule has 0 aromatic heterocycles. The summed E-state index contributed by atoms with van der Waals surface area (Å²) in [4.78, 5) is 12.2. The van der Waals surface area contributed by atoms with E-state index in [1.54, 1.807) is 62.6 Å². The van der Waals surface area contributed by atoms with Gasteiger partial charge in [-0.1, -0.05) is 17.7 Å². The van der Waals surface area contributed by atoms with E-state index in [1.807, 2.05) is 6.92 Å². The number of ether oxygens (including phenoxy) is 2. The first kappa shape index (κ1) is 23.8. The number of nitrogens with one attached hydrogen (secondary N) is 1. The molecule has 0 bridgehead atoms. The molecule has 0 radical (unpaired) electrons. The van der Waals surface area contributed by atoms with Crippen LogP contribution in [0.5, 0.6) is 17.2 Å². The van der Waals surface area contributed by atoms with Crippen LogP contribution in [0.15, 0.2) is 76.7 Å². The number of hydrazone groups is 1. The molecule has 1 amide bonds. The molecule has 0 aliphatic carbocycles. The molecule has 0 unspecified atom stereocenters. The van der Waals surface area contributed by atoms with E-state index in [-0.39, 0.29) is 22.3 Å². The van der Waals surface area contributed by atoms with Crippen LogP contribution in [-0.4, -0.2) is 34.3 Å². The van der Waals surface area contributed by atoms with Crippen LogP contribution in [0, 0.1) is 6.92 Å². The van der Waals surface area contributed by atoms with Gasteiger partial charge in [-0.2, -0.15) is 13.5 Å². The fourth-order valence-corrected chi connectivity index (χ4v) is 3.73. The van der Waals surface area contributed by atoms with Crippen molar-refractivity contribution in [2.24, 2.45) is 5.10 Å². The Kier molecular flexibility index (Phi) is 7.68. The summed E-state index contributed by atoms with van der Waals surface area (Å²) in [6.07, 6.45) is 1.42. The van der Waals surface area contributed by atoms with Crippen LogP contribution in [0.3, 0.4) is 0 Å². The highest BCUT2D eigenvalue weighted by Crippen LogP contribution is 2.31. The fourth-order valence-electron chi connectivity index (χ4n) is 2.79. The first-order chi connectivity index (χ1) is 15.8. The normalized spacial score (nSPS) is 11.2. The number of carbonyl (C=O) groups is 1. The molecular formula is C24H24N2O6S. The Balaban J connectivity index is 1.73. The second-order valence-corrected chi connectivity index (χ2v) is 8.46. The SMILES string of the molecule is CCOc1cc(/C=N\NC(=O)c2ccc(OC)cc2)ccc1OS(=O)(=O)c1ccc(C)cc1. The van der Waals surface area contributed by atoms with E-state index in [0.717, 1.165) is 5.56 Å². The zero-order chi connectivity index (χ0) is 23.8. The van der Waals surface area contributed by atoms with Crippen LogP contribution in [0.1, 0.15) is 28.4 Å². The van der Waals surface area contributed by atoms with Crippen LogP contribution >= 0.6 is 0 Å². The van der Waals surface area contributed by atoms with Crippen LogP contribution in [0.25, 0.3) is 0 Å². The highest BCUT2D eigenvalue weighted by atomic mass is 32.2. The summed E-state index contributed by atoms with van der Waals surface area (Å²) in [5, 5.41) is 3.95. The molecule has 1 N–H and O–H groups in total. The minimum atomic E-state index is -4.03. The Morgan fingerprint density at radius 1 is 1.00 bits per heavy atom. The third-order valence-corrected chi connectivity index (χ3v) is 5.76. The van der Waals surface area contributed by atoms with Gasteiger partial charge in [-0.15, -0.1) is 0 Å². The molecular weight excluding hydrogens is 444 g/mol. The molecule has 0 fully saturated rings. The number of methoxy groups -OCH3 is 1. The van der Waals surface area contributed by atoms with Crippen molar-refractivity contribution in [3.05, 3.63) is 83.4 Å². The predicted octanol–water partition coefficient (Wildman–Crippen LogP) is 3.93. The standard InChI is InChI=1S/C24H24N2O6S/c1-4-31-23-15-18(16-25-26-24(27)19-8-10-20(30-3)11-9-19)7-14-22(23)32-33(28,29)21-12-5-17(2)6-13-21/h5-16H,4H2,1-3H3,(H,26,27)/b25-16-. The van der Waals surface area contributed by atoms with Crippen LogP contribution in [0.4, 0.5) is 0 Å². The Bertz CT molecular complexity index is 1240. The number of nitrogens with zero attached hydrogens (tertiary/aromatic N) is 1. The van der Waals surface area contributed by atoms with Gasteiger partial charge >= 0.3 is 10.1 Å². The smallest absolute Gasteiger partial charge is 0.339 e. The van der Waals surface area contributed by atoms with Gasteiger partial charge in [-0.05, 0) is 74.0 Å². The molecule has 3 aromatic carbocycles. The average Bonchev–Trinajstić information content (AvgIpc) is 2.81. The molecule has 0 saturated heterocycles. The molecule has 0 heterocycles. The minimum Gasteiger partial charge on any atom is -0.497 e. The van der Waals surface area contributed by atoms with Gasteiger partial charge in [0.25, 0.3) is 5.91 Å². The van der Waals surface area contributed by atoms with Crippen molar-refractivity contribution in [1.29, 1.82) is 0 Å². The lowest BCUT2D eigenvalue weighted by atomic mass is 10.2. The fraction of sp³-hybridized carbons (Fsp3) is 0.167. The highest BCUT2D eigenvalue weighted by molar-refractivity contribution is 7.87. The lowest BCUT2D eigenvalue weighted by Crippen LogP contribution is -2.17. The van der Waals surface area contributed by atoms with E-state index in [2.05, 4.69) is 10.5 Å². The predicted molar refractivity (Wildman–Crippen MR) is 125 cm³/mol. The molecule has 3 aromatic rings. The Morgan fingerprint density at radius 3 is 2.33 bits per heavy atom. The van der Waals surface area contributed by atoms with Gasteiger partial charge in [0.1, 0.15) is 10.6 Å². The maximum atomic E-state index is 12.6. The van der Waals surface area contributed by atoms with Crippen molar-refractivity contribution in [2.75, 3.05) is 13.7 Å². The summed E-state index contributed by atoms with van der Waals surface area (Å²) in [6.45, 7) is 3.94. The van der Waals surface area contributed by atoms with Crippen molar-refractivity contribution in [3.63, 3.8) is 0 Å². The third-order valence-electron chi connectivity index (χ3n) is 4.51. The summed E-state index contributed by atoms with van der Waals surface area (Å²) in [5.74, 6) is 0.545. The second kappa shape index (κ2) is 10.6. The number of amides is 1. The Morgan fingerprint density at radius 2 is 1.70 bits per heavy atom. The van der Waals surface area contributed by atoms with E-state index in [1.165, 1.54) is 24.4 Å². The summed E-state index contributed by atoms with van der Waals surface area (Å²) in [5.41, 5.74) is 4.38. The van der Waals surface area contributed by atoms with Gasteiger partial charge < -0.3 is 13.7 Å². The Hall–Kier alpha value is -3.85. The van der Waals surface area contributed by atoms with E-state index in [4.69, 9.17) is 13.7 Å². The number of hydrogen-bond donors (Lipinski definition) is 1. The van der Waals surface area contributed by atoms with Crippen molar-refractivity contribution < 1.29 is 26.9 Å². The van der Waals surface area contributed by atoms with Gasteiger partial charge in [0, 0.05) is 5.56 Å². The average molecular weight is 469 g/mol. The van der Waals surface area contributed by atoms with Crippen molar-refractivity contribution in [1.82, 2.24) is 5.43 Å². The lowest BCUT2D eigenvalue weighted by Gasteiger charge is -2.12. The van der Waals surface area contributed by atoms with E-state index < -0.39 is 10.1 Å². The zero-order valence-electron chi connectivity index (χ0n) is 18.4. The quantitative estimate of drug-likeness (QED) is 0.290. The third kappa shape index (κ3) is 6.33. The molecule has 0 atom stereocenters. The largest absolute Gasteiger partial charge is 0.497 e. The number of rotatable bonds is 9. The van der Waals surface area contributed by atoms with Gasteiger partial charge in [0.05, 0.1) is 19.9 Å². The topological polar surface area (TPSA) is 103 Å². The number of benzene rings is 3. The number of aryl methyl sites for hydroxylation is 1. The maximum absolute atomic E-state index is 12.6. The van der Waals surface area contributed by atoms with Gasteiger partial charge in [0.2, 0.25) is 0 Å². The molecule has 33 heavy (non-hydrogen) atoms. The van der Waals surface area contributed by atoms with Crippen LogP contribution in [0.2, 0.25) is 0 Å². The number of hydrogen-bond acceptors (Lipinski definition) is 7. The monoisotopic (exact) mass is 468 g/mol. The first-order valence-electron chi connectivity index (χ1n) is 10.1. The van der Waals surface area contributed by atoms with E-state index >= 15 is 0 Å². The molecule has 0 saturated carbocycles. The highest BCUT2D eigenvalue weighted by Gasteiger charge is 2.19. The molecule has 0 spiro atoms. The summed E-state index contributed by atoms with van der Waals surface area (Å²) in [6, 6.07) is 17.6. The lowest BCUT2D eigenvalue weighted by molar-refractivity contribution is 0.0955. The van der Waals surface area contributed by atoms with Crippen molar-refractivity contribution in [2.45, 2.75) is 18.7 Å². The van der Waals surface area contributed by atoms with Crippen molar-refractivity contribution in [3.8, 4) is 17.2 Å². The maximum Gasteiger partial charge on any atom is 0.339 e. The van der Waals surface area contributed by atoms with Crippen LogP contribution < -0.4 is 19.1 Å². The van der Waals surface area contributed by atoms with E-state index in [0.29, 0.717) is 23.5 Å². The van der Waals surface area contributed by atoms with E-state index in [9.17, 15) is 13.2 Å². The van der Waals surface area contributed by atoms with Gasteiger partial charge in [0.15, 0.2) is 11.5 Å². The summed E-state index contributed by atoms with van der Waals surface area (Å²) in [7, 11) is -2.48. The van der Waals surface area contributed by atoms with Crippen LogP contribution in [-0.2, 0) is 10.1 Å².